The van der Waals surface area contributed by atoms with Gasteiger partial charge in [-0.3, -0.25) is 4.98 Å². The smallest absolute Gasteiger partial charge is 0.109 e. The van der Waals surface area contributed by atoms with Gasteiger partial charge in [0.25, 0.3) is 0 Å². The van der Waals surface area contributed by atoms with Crippen molar-refractivity contribution in [1.82, 2.24) is 4.98 Å². The van der Waals surface area contributed by atoms with Crippen molar-refractivity contribution in [2.24, 2.45) is 5.18 Å². The summed E-state index contributed by atoms with van der Waals surface area (Å²) >= 11 is 0. The molecule has 0 unspecified atom stereocenters. The number of aromatic nitrogens is 1. The molecular weight excluding hydrogens is 140 g/mol. The van der Waals surface area contributed by atoms with Crippen LogP contribution >= 0.6 is 0 Å². The largest absolute Gasteiger partial charge is 0.261 e. The molecule has 1 aromatic heterocycles. The Morgan fingerprint density at radius 2 is 2.45 bits per heavy atom. The third-order valence-corrected chi connectivity index (χ3v) is 1.43. The van der Waals surface area contributed by atoms with Crippen LogP contribution in [-0.4, -0.2) is 4.98 Å². The Balaban J connectivity index is 3.13. The van der Waals surface area contributed by atoms with E-state index in [1.807, 2.05) is 6.92 Å². The topological polar surface area (TPSA) is 42.3 Å². The van der Waals surface area contributed by atoms with Gasteiger partial charge in [0, 0.05) is 17.5 Å². The van der Waals surface area contributed by atoms with Crippen molar-refractivity contribution in [2.75, 3.05) is 0 Å². The third-order valence-electron chi connectivity index (χ3n) is 1.43. The van der Waals surface area contributed by atoms with Crippen LogP contribution in [0.2, 0.25) is 0 Å². The fourth-order valence-electron chi connectivity index (χ4n) is 0.838. The van der Waals surface area contributed by atoms with Gasteiger partial charge in [0.05, 0.1) is 0 Å². The number of hydrogen-bond donors (Lipinski definition) is 0. The van der Waals surface area contributed by atoms with Gasteiger partial charge in [0.15, 0.2) is 0 Å². The Morgan fingerprint density at radius 1 is 1.73 bits per heavy atom. The molecule has 0 bridgehead atoms. The molecule has 0 saturated carbocycles. The van der Waals surface area contributed by atoms with Crippen molar-refractivity contribution < 1.29 is 0 Å². The lowest BCUT2D eigenvalue weighted by Gasteiger charge is -1.98. The maximum atomic E-state index is 10.1. The summed E-state index contributed by atoms with van der Waals surface area (Å²) in [5.41, 5.74) is 1.72. The summed E-state index contributed by atoms with van der Waals surface area (Å²) in [6, 6.07) is 3.52. The van der Waals surface area contributed by atoms with Gasteiger partial charge in [-0.2, -0.15) is 0 Å². The minimum atomic E-state index is 0.232. The van der Waals surface area contributed by atoms with Gasteiger partial charge < -0.3 is 0 Å². The second-order valence-electron chi connectivity index (χ2n) is 2.17. The first-order valence-electron chi connectivity index (χ1n) is 3.20. The van der Waals surface area contributed by atoms with Gasteiger partial charge in [0.1, 0.15) is 5.70 Å². The second-order valence-corrected chi connectivity index (χ2v) is 2.17. The van der Waals surface area contributed by atoms with Crippen LogP contribution in [0.1, 0.15) is 11.3 Å². The van der Waals surface area contributed by atoms with Crippen LogP contribution in [0.15, 0.2) is 30.1 Å². The summed E-state index contributed by atoms with van der Waals surface area (Å²) in [7, 11) is 0. The lowest BCUT2D eigenvalue weighted by atomic mass is 10.2. The maximum Gasteiger partial charge on any atom is 0.109 e. The van der Waals surface area contributed by atoms with Crippen molar-refractivity contribution in [3.05, 3.63) is 41.1 Å². The lowest BCUT2D eigenvalue weighted by Crippen LogP contribution is -1.87. The van der Waals surface area contributed by atoms with Crippen LogP contribution in [0.4, 0.5) is 0 Å². The zero-order chi connectivity index (χ0) is 8.27. The van der Waals surface area contributed by atoms with E-state index >= 15 is 0 Å². The van der Waals surface area contributed by atoms with Crippen LogP contribution in [-0.2, 0) is 0 Å². The molecule has 1 heterocycles. The molecule has 0 aromatic carbocycles. The van der Waals surface area contributed by atoms with E-state index < -0.39 is 0 Å². The highest BCUT2D eigenvalue weighted by atomic mass is 16.3. The number of nitroso groups, excluding NO2 is 1. The number of nitrogens with zero attached hydrogens (tertiary/aromatic N) is 2. The van der Waals surface area contributed by atoms with E-state index in [4.69, 9.17) is 0 Å². The molecule has 0 aliphatic heterocycles. The summed E-state index contributed by atoms with van der Waals surface area (Å²) in [4.78, 5) is 14.1. The lowest BCUT2D eigenvalue weighted by molar-refractivity contribution is 1.18. The van der Waals surface area contributed by atoms with E-state index in [9.17, 15) is 4.91 Å². The van der Waals surface area contributed by atoms with E-state index in [1.165, 1.54) is 0 Å². The Kier molecular flexibility index (Phi) is 2.11. The molecule has 1 rings (SSSR count). The van der Waals surface area contributed by atoms with Gasteiger partial charge in [-0.25, -0.2) is 0 Å². The highest BCUT2D eigenvalue weighted by Gasteiger charge is 2.01. The van der Waals surface area contributed by atoms with Crippen LogP contribution in [0.3, 0.4) is 0 Å². The fraction of sp³-hybridized carbons (Fsp3) is 0.125. The highest BCUT2D eigenvalue weighted by Crippen LogP contribution is 2.14. The third kappa shape index (κ3) is 1.49. The van der Waals surface area contributed by atoms with Gasteiger partial charge in [0.2, 0.25) is 0 Å². The molecule has 56 valence electrons. The molecule has 1 aromatic rings. The van der Waals surface area contributed by atoms with Crippen LogP contribution < -0.4 is 0 Å². The summed E-state index contributed by atoms with van der Waals surface area (Å²) in [6.45, 7) is 5.30. The van der Waals surface area contributed by atoms with Crippen molar-refractivity contribution in [2.45, 2.75) is 6.92 Å². The van der Waals surface area contributed by atoms with Crippen molar-refractivity contribution in [3.8, 4) is 0 Å². The van der Waals surface area contributed by atoms with E-state index in [0.29, 0.717) is 5.56 Å². The SMILES string of the molecule is C=C(N=O)c1cccnc1C. The summed E-state index contributed by atoms with van der Waals surface area (Å²) in [6.07, 6.45) is 1.66. The molecule has 0 aliphatic rings. The summed E-state index contributed by atoms with van der Waals surface area (Å²) in [5, 5.41) is 2.74. The van der Waals surface area contributed by atoms with Gasteiger partial charge in [-0.05, 0) is 24.2 Å². The molecule has 0 radical (unpaired) electrons. The molecule has 3 heteroatoms. The summed E-state index contributed by atoms with van der Waals surface area (Å²) < 4.78 is 0. The van der Waals surface area contributed by atoms with E-state index in [-0.39, 0.29) is 5.70 Å². The predicted octanol–water partition coefficient (Wildman–Crippen LogP) is 2.13. The first kappa shape index (κ1) is 7.60. The normalized spacial score (nSPS) is 9.18. The first-order valence-corrected chi connectivity index (χ1v) is 3.20. The summed E-state index contributed by atoms with van der Waals surface area (Å²) in [5.74, 6) is 0. The molecular formula is C8H8N2O. The average Bonchev–Trinajstić information content (AvgIpc) is 2.04. The van der Waals surface area contributed by atoms with E-state index in [0.717, 1.165) is 5.69 Å². The number of hydrogen-bond acceptors (Lipinski definition) is 3. The van der Waals surface area contributed by atoms with Crippen molar-refractivity contribution in [3.63, 3.8) is 0 Å². The standard InChI is InChI=1S/C8H8N2O/c1-6-8(7(2)10-11)4-3-5-9-6/h3-5H,2H2,1H3. The Morgan fingerprint density at radius 3 is 3.00 bits per heavy atom. The van der Waals surface area contributed by atoms with Crippen LogP contribution in [0.5, 0.6) is 0 Å². The Bertz CT molecular complexity index is 294. The van der Waals surface area contributed by atoms with E-state index in [1.54, 1.807) is 18.3 Å². The van der Waals surface area contributed by atoms with Crippen molar-refractivity contribution >= 4 is 5.70 Å². The molecule has 11 heavy (non-hydrogen) atoms. The van der Waals surface area contributed by atoms with Gasteiger partial charge >= 0.3 is 0 Å². The maximum absolute atomic E-state index is 10.1. The van der Waals surface area contributed by atoms with Crippen molar-refractivity contribution in [1.29, 1.82) is 0 Å². The minimum absolute atomic E-state index is 0.232. The number of pyridine rings is 1. The van der Waals surface area contributed by atoms with Crippen LogP contribution in [0, 0.1) is 11.8 Å². The molecule has 0 aliphatic carbocycles. The average molecular weight is 148 g/mol. The molecule has 3 nitrogen and oxygen atoms in total. The zero-order valence-electron chi connectivity index (χ0n) is 6.24. The van der Waals surface area contributed by atoms with Crippen LogP contribution in [0.25, 0.3) is 5.70 Å². The fourth-order valence-corrected chi connectivity index (χ4v) is 0.838. The minimum Gasteiger partial charge on any atom is -0.261 e. The van der Waals surface area contributed by atoms with E-state index in [2.05, 4.69) is 16.7 Å². The molecule has 0 atom stereocenters. The molecule has 0 fully saturated rings. The molecule has 0 amide bonds. The predicted molar refractivity (Wildman–Crippen MR) is 43.8 cm³/mol. The first-order chi connectivity index (χ1) is 5.25. The Hall–Kier alpha value is -1.51. The number of rotatable bonds is 2. The zero-order valence-corrected chi connectivity index (χ0v) is 6.24. The second kappa shape index (κ2) is 3.05. The quantitative estimate of drug-likeness (QED) is 0.603. The monoisotopic (exact) mass is 148 g/mol. The highest BCUT2D eigenvalue weighted by molar-refractivity contribution is 5.63. The Labute approximate surface area is 64.8 Å². The molecule has 0 saturated heterocycles. The van der Waals surface area contributed by atoms with Gasteiger partial charge in [-0.1, -0.05) is 6.58 Å². The number of aryl methyl sites for hydroxylation is 1. The molecule has 0 N–H and O–H groups in total. The van der Waals surface area contributed by atoms with Gasteiger partial charge in [-0.15, -0.1) is 4.91 Å². The molecule has 0 spiro atoms.